The van der Waals surface area contributed by atoms with Crippen molar-refractivity contribution in [3.05, 3.63) is 32.7 Å². The highest BCUT2D eigenvalue weighted by atomic mass is 79.9. The van der Waals surface area contributed by atoms with Gasteiger partial charge in [-0.05, 0) is 37.1 Å². The quantitative estimate of drug-likeness (QED) is 0.880. The molecule has 1 rings (SSSR count). The third-order valence-corrected chi connectivity index (χ3v) is 3.53. The van der Waals surface area contributed by atoms with E-state index in [1.165, 1.54) is 5.56 Å². The second-order valence-corrected chi connectivity index (χ2v) is 5.20. The molecular weight excluding hydrogens is 306 g/mol. The summed E-state index contributed by atoms with van der Waals surface area (Å²) in [5, 5.41) is 3.47. The standard InChI is InChI=1S/C11H15Br2N/c1-3-8(2)14-7-9-6-10(12)4-5-11(9)13/h4-6,8,14H,3,7H2,1-2H3. The molecule has 78 valence electrons. The average Bonchev–Trinajstić information content (AvgIpc) is 2.19. The van der Waals surface area contributed by atoms with Gasteiger partial charge < -0.3 is 5.32 Å². The highest BCUT2D eigenvalue weighted by Gasteiger charge is 2.02. The van der Waals surface area contributed by atoms with Crippen molar-refractivity contribution in [3.8, 4) is 0 Å². The normalized spacial score (nSPS) is 12.9. The van der Waals surface area contributed by atoms with Crippen LogP contribution in [0.4, 0.5) is 0 Å². The summed E-state index contributed by atoms with van der Waals surface area (Å²) in [6.07, 6.45) is 1.16. The van der Waals surface area contributed by atoms with Crippen LogP contribution in [-0.4, -0.2) is 6.04 Å². The predicted octanol–water partition coefficient (Wildman–Crippen LogP) is 4.10. The average molecular weight is 321 g/mol. The van der Waals surface area contributed by atoms with Gasteiger partial charge in [-0.25, -0.2) is 0 Å². The molecule has 0 saturated heterocycles. The molecule has 14 heavy (non-hydrogen) atoms. The molecule has 1 nitrogen and oxygen atoms in total. The molecule has 1 unspecified atom stereocenters. The molecule has 0 aliphatic carbocycles. The number of halogens is 2. The van der Waals surface area contributed by atoms with Crippen molar-refractivity contribution in [2.45, 2.75) is 32.9 Å². The lowest BCUT2D eigenvalue weighted by Crippen LogP contribution is -2.24. The molecule has 1 N–H and O–H groups in total. The van der Waals surface area contributed by atoms with Crippen LogP contribution >= 0.6 is 31.9 Å². The highest BCUT2D eigenvalue weighted by Crippen LogP contribution is 2.21. The Kier molecular flexibility index (Phi) is 5.13. The highest BCUT2D eigenvalue weighted by molar-refractivity contribution is 9.11. The Labute approximate surface area is 103 Å². The van der Waals surface area contributed by atoms with Gasteiger partial charge in [0.25, 0.3) is 0 Å². The Balaban J connectivity index is 2.62. The smallest absolute Gasteiger partial charge is 0.0221 e. The molecule has 0 bridgehead atoms. The minimum Gasteiger partial charge on any atom is -0.310 e. The van der Waals surface area contributed by atoms with E-state index in [2.05, 4.69) is 63.2 Å². The minimum atomic E-state index is 0.570. The Morgan fingerprint density at radius 2 is 2.07 bits per heavy atom. The SMILES string of the molecule is CCC(C)NCc1cc(Br)ccc1Br. The molecule has 0 heterocycles. The topological polar surface area (TPSA) is 12.0 Å². The summed E-state index contributed by atoms with van der Waals surface area (Å²) >= 11 is 7.01. The zero-order valence-corrected chi connectivity index (χ0v) is 11.7. The summed E-state index contributed by atoms with van der Waals surface area (Å²) in [6, 6.07) is 6.81. The van der Waals surface area contributed by atoms with Gasteiger partial charge in [0.15, 0.2) is 0 Å². The Bertz CT molecular complexity index is 299. The van der Waals surface area contributed by atoms with Crippen LogP contribution in [-0.2, 0) is 6.54 Å². The maximum atomic E-state index is 3.54. The number of hydrogen-bond donors (Lipinski definition) is 1. The Morgan fingerprint density at radius 3 is 2.71 bits per heavy atom. The van der Waals surface area contributed by atoms with Crippen LogP contribution in [0.25, 0.3) is 0 Å². The van der Waals surface area contributed by atoms with Gasteiger partial charge in [-0.1, -0.05) is 38.8 Å². The van der Waals surface area contributed by atoms with E-state index in [-0.39, 0.29) is 0 Å². The Morgan fingerprint density at radius 1 is 1.36 bits per heavy atom. The van der Waals surface area contributed by atoms with E-state index in [9.17, 15) is 0 Å². The minimum absolute atomic E-state index is 0.570. The molecule has 1 aromatic carbocycles. The second kappa shape index (κ2) is 5.89. The molecule has 1 atom stereocenters. The molecule has 0 aromatic heterocycles. The first-order valence-corrected chi connectivity index (χ1v) is 6.39. The van der Waals surface area contributed by atoms with Crippen molar-refractivity contribution >= 4 is 31.9 Å². The molecule has 0 fully saturated rings. The first-order chi connectivity index (χ1) is 6.63. The van der Waals surface area contributed by atoms with Gasteiger partial charge in [0.2, 0.25) is 0 Å². The lowest BCUT2D eigenvalue weighted by atomic mass is 10.2. The summed E-state index contributed by atoms with van der Waals surface area (Å²) in [7, 11) is 0. The van der Waals surface area contributed by atoms with E-state index in [1.54, 1.807) is 0 Å². The van der Waals surface area contributed by atoms with Crippen LogP contribution in [0.15, 0.2) is 27.1 Å². The third kappa shape index (κ3) is 3.71. The van der Waals surface area contributed by atoms with Gasteiger partial charge in [0.05, 0.1) is 0 Å². The first kappa shape index (κ1) is 12.2. The molecule has 0 amide bonds. The van der Waals surface area contributed by atoms with Crippen molar-refractivity contribution in [3.63, 3.8) is 0 Å². The summed E-state index contributed by atoms with van der Waals surface area (Å²) in [4.78, 5) is 0. The van der Waals surface area contributed by atoms with Gasteiger partial charge in [-0.2, -0.15) is 0 Å². The van der Waals surface area contributed by atoms with Crippen molar-refractivity contribution < 1.29 is 0 Å². The maximum absolute atomic E-state index is 3.54. The predicted molar refractivity (Wildman–Crippen MR) is 68.4 cm³/mol. The molecule has 3 heteroatoms. The van der Waals surface area contributed by atoms with Gasteiger partial charge in [-0.3, -0.25) is 0 Å². The molecule has 0 spiro atoms. The van der Waals surface area contributed by atoms with Crippen LogP contribution in [0.5, 0.6) is 0 Å². The van der Waals surface area contributed by atoms with E-state index >= 15 is 0 Å². The van der Waals surface area contributed by atoms with Crippen LogP contribution in [0.2, 0.25) is 0 Å². The fourth-order valence-electron chi connectivity index (χ4n) is 1.11. The maximum Gasteiger partial charge on any atom is 0.0221 e. The van der Waals surface area contributed by atoms with Gasteiger partial charge in [0.1, 0.15) is 0 Å². The lowest BCUT2D eigenvalue weighted by Gasteiger charge is -2.12. The van der Waals surface area contributed by atoms with Crippen molar-refractivity contribution in [2.24, 2.45) is 0 Å². The van der Waals surface area contributed by atoms with Crippen LogP contribution < -0.4 is 5.32 Å². The first-order valence-electron chi connectivity index (χ1n) is 4.80. The van der Waals surface area contributed by atoms with E-state index in [0.717, 1.165) is 21.9 Å². The van der Waals surface area contributed by atoms with Crippen LogP contribution in [0.3, 0.4) is 0 Å². The van der Waals surface area contributed by atoms with E-state index in [1.807, 2.05) is 6.07 Å². The zero-order chi connectivity index (χ0) is 10.6. The zero-order valence-electron chi connectivity index (χ0n) is 8.48. The van der Waals surface area contributed by atoms with E-state index in [4.69, 9.17) is 0 Å². The fourth-order valence-corrected chi connectivity index (χ4v) is 1.90. The van der Waals surface area contributed by atoms with Crippen molar-refractivity contribution in [1.82, 2.24) is 5.32 Å². The molecule has 1 aromatic rings. The lowest BCUT2D eigenvalue weighted by molar-refractivity contribution is 0.533. The van der Waals surface area contributed by atoms with E-state index < -0.39 is 0 Å². The number of rotatable bonds is 4. The molecule has 0 radical (unpaired) electrons. The summed E-state index contributed by atoms with van der Waals surface area (Å²) < 4.78 is 2.29. The molecule has 0 saturated carbocycles. The van der Waals surface area contributed by atoms with E-state index in [0.29, 0.717) is 6.04 Å². The number of benzene rings is 1. The monoisotopic (exact) mass is 319 g/mol. The number of nitrogens with one attached hydrogen (secondary N) is 1. The van der Waals surface area contributed by atoms with Gasteiger partial charge >= 0.3 is 0 Å². The second-order valence-electron chi connectivity index (χ2n) is 3.43. The summed E-state index contributed by atoms with van der Waals surface area (Å²) in [6.45, 7) is 5.30. The third-order valence-electron chi connectivity index (χ3n) is 2.26. The Hall–Kier alpha value is 0.140. The summed E-state index contributed by atoms with van der Waals surface area (Å²) in [5.41, 5.74) is 1.29. The van der Waals surface area contributed by atoms with Crippen LogP contribution in [0.1, 0.15) is 25.8 Å². The fraction of sp³-hybridized carbons (Fsp3) is 0.455. The molecule has 0 aliphatic heterocycles. The largest absolute Gasteiger partial charge is 0.310 e. The van der Waals surface area contributed by atoms with Gasteiger partial charge in [0, 0.05) is 21.5 Å². The van der Waals surface area contributed by atoms with Crippen molar-refractivity contribution in [2.75, 3.05) is 0 Å². The molecular formula is C11H15Br2N. The molecule has 0 aliphatic rings. The number of hydrogen-bond acceptors (Lipinski definition) is 1. The van der Waals surface area contributed by atoms with Gasteiger partial charge in [-0.15, -0.1) is 0 Å². The van der Waals surface area contributed by atoms with Crippen LogP contribution in [0, 0.1) is 0 Å². The summed E-state index contributed by atoms with van der Waals surface area (Å²) in [5.74, 6) is 0. The van der Waals surface area contributed by atoms with Crippen molar-refractivity contribution in [1.29, 1.82) is 0 Å².